The first kappa shape index (κ1) is 14.3. The Morgan fingerprint density at radius 2 is 2.20 bits per heavy atom. The number of nitrogens with zero attached hydrogens (tertiary/aromatic N) is 2. The van der Waals surface area contributed by atoms with Crippen LogP contribution in [0, 0.1) is 5.82 Å². The van der Waals surface area contributed by atoms with Crippen LogP contribution in [0.1, 0.15) is 5.56 Å². The van der Waals surface area contributed by atoms with Gasteiger partial charge in [-0.3, -0.25) is 4.68 Å². The van der Waals surface area contributed by atoms with E-state index in [1.807, 2.05) is 12.3 Å². The summed E-state index contributed by atoms with van der Waals surface area (Å²) in [7, 11) is 3.10. The van der Waals surface area contributed by atoms with Crippen molar-refractivity contribution in [1.29, 1.82) is 0 Å². The van der Waals surface area contributed by atoms with Gasteiger partial charge in [0.15, 0.2) is 11.6 Å². The minimum Gasteiger partial charge on any atom is -0.494 e. The third kappa shape index (κ3) is 3.71. The maximum Gasteiger partial charge on any atom is 0.165 e. The predicted molar refractivity (Wildman–Crippen MR) is 74.4 cm³/mol. The molecular formula is C14H18FN3O2. The van der Waals surface area contributed by atoms with E-state index in [1.54, 1.807) is 24.1 Å². The summed E-state index contributed by atoms with van der Waals surface area (Å²) in [5.41, 5.74) is 1.73. The predicted octanol–water partition coefficient (Wildman–Crippen LogP) is 2.29. The lowest BCUT2D eigenvalue weighted by Crippen LogP contribution is -2.04. The van der Waals surface area contributed by atoms with E-state index >= 15 is 0 Å². The maximum atomic E-state index is 13.5. The number of anilines is 1. The molecule has 0 unspecified atom stereocenters. The van der Waals surface area contributed by atoms with Crippen LogP contribution in [0.2, 0.25) is 0 Å². The zero-order valence-electron chi connectivity index (χ0n) is 11.6. The van der Waals surface area contributed by atoms with Crippen LogP contribution in [0.25, 0.3) is 0 Å². The van der Waals surface area contributed by atoms with Crippen LogP contribution in [0.3, 0.4) is 0 Å². The summed E-state index contributed by atoms with van der Waals surface area (Å²) in [5, 5.41) is 7.38. The average Bonchev–Trinajstić information content (AvgIpc) is 2.91. The standard InChI is InChI=1S/C14H18FN3O2/c1-19-6-5-18-10-12(9-17-18)16-8-11-3-4-14(20-2)13(15)7-11/h3-4,7,9-10,16H,5-6,8H2,1-2H3. The van der Waals surface area contributed by atoms with Crippen molar-refractivity contribution in [3.63, 3.8) is 0 Å². The number of halogens is 1. The van der Waals surface area contributed by atoms with Gasteiger partial charge in [0.25, 0.3) is 0 Å². The van der Waals surface area contributed by atoms with Gasteiger partial charge in [0.2, 0.25) is 0 Å². The lowest BCUT2D eigenvalue weighted by atomic mass is 10.2. The van der Waals surface area contributed by atoms with E-state index in [-0.39, 0.29) is 11.6 Å². The topological polar surface area (TPSA) is 48.3 Å². The lowest BCUT2D eigenvalue weighted by molar-refractivity contribution is 0.183. The highest BCUT2D eigenvalue weighted by atomic mass is 19.1. The smallest absolute Gasteiger partial charge is 0.165 e. The first-order valence-electron chi connectivity index (χ1n) is 6.30. The number of hydrogen-bond acceptors (Lipinski definition) is 4. The van der Waals surface area contributed by atoms with Gasteiger partial charge in [-0.05, 0) is 17.7 Å². The molecule has 20 heavy (non-hydrogen) atoms. The van der Waals surface area contributed by atoms with E-state index in [0.29, 0.717) is 19.7 Å². The van der Waals surface area contributed by atoms with Crippen LogP contribution >= 0.6 is 0 Å². The molecule has 2 aromatic rings. The fourth-order valence-corrected chi connectivity index (χ4v) is 1.79. The molecule has 108 valence electrons. The highest BCUT2D eigenvalue weighted by molar-refractivity contribution is 5.40. The monoisotopic (exact) mass is 279 g/mol. The summed E-state index contributed by atoms with van der Waals surface area (Å²) in [4.78, 5) is 0. The SMILES string of the molecule is COCCn1cc(NCc2ccc(OC)c(F)c2)cn1. The van der Waals surface area contributed by atoms with Crippen molar-refractivity contribution < 1.29 is 13.9 Å². The zero-order valence-corrected chi connectivity index (χ0v) is 11.6. The van der Waals surface area contributed by atoms with E-state index in [0.717, 1.165) is 11.3 Å². The summed E-state index contributed by atoms with van der Waals surface area (Å²) in [6, 6.07) is 4.90. The largest absolute Gasteiger partial charge is 0.494 e. The maximum absolute atomic E-state index is 13.5. The summed E-state index contributed by atoms with van der Waals surface area (Å²) in [6.07, 6.45) is 3.62. The highest BCUT2D eigenvalue weighted by Crippen LogP contribution is 2.18. The van der Waals surface area contributed by atoms with Crippen LogP contribution in [0.5, 0.6) is 5.75 Å². The first-order valence-corrected chi connectivity index (χ1v) is 6.30. The van der Waals surface area contributed by atoms with Gasteiger partial charge in [-0.2, -0.15) is 5.10 Å². The first-order chi connectivity index (χ1) is 9.72. The molecule has 1 aromatic carbocycles. The van der Waals surface area contributed by atoms with Gasteiger partial charge in [-0.25, -0.2) is 4.39 Å². The van der Waals surface area contributed by atoms with Gasteiger partial charge >= 0.3 is 0 Å². The Morgan fingerprint density at radius 1 is 1.35 bits per heavy atom. The zero-order chi connectivity index (χ0) is 14.4. The van der Waals surface area contributed by atoms with Crippen molar-refractivity contribution in [1.82, 2.24) is 9.78 Å². The van der Waals surface area contributed by atoms with Crippen molar-refractivity contribution in [2.75, 3.05) is 26.1 Å². The molecule has 0 aliphatic heterocycles. The molecule has 0 fully saturated rings. The van der Waals surface area contributed by atoms with Crippen LogP contribution in [-0.2, 0) is 17.8 Å². The van der Waals surface area contributed by atoms with Crippen LogP contribution in [0.4, 0.5) is 10.1 Å². The van der Waals surface area contributed by atoms with Gasteiger partial charge in [-0.1, -0.05) is 6.07 Å². The van der Waals surface area contributed by atoms with E-state index in [2.05, 4.69) is 10.4 Å². The molecule has 0 radical (unpaired) electrons. The van der Waals surface area contributed by atoms with Gasteiger partial charge in [0.1, 0.15) is 0 Å². The van der Waals surface area contributed by atoms with Crippen molar-refractivity contribution in [3.05, 3.63) is 42.0 Å². The Bertz CT molecular complexity index is 557. The molecular weight excluding hydrogens is 261 g/mol. The van der Waals surface area contributed by atoms with Gasteiger partial charge in [0, 0.05) is 19.9 Å². The molecule has 1 N–H and O–H groups in total. The molecule has 0 bridgehead atoms. The fraction of sp³-hybridized carbons (Fsp3) is 0.357. The van der Waals surface area contributed by atoms with Crippen molar-refractivity contribution in [3.8, 4) is 5.75 Å². The van der Waals surface area contributed by atoms with E-state index in [1.165, 1.54) is 13.2 Å². The molecule has 6 heteroatoms. The second-order valence-electron chi connectivity index (χ2n) is 4.31. The number of methoxy groups -OCH3 is 2. The number of benzene rings is 1. The third-order valence-corrected chi connectivity index (χ3v) is 2.87. The van der Waals surface area contributed by atoms with E-state index in [4.69, 9.17) is 9.47 Å². The van der Waals surface area contributed by atoms with Crippen molar-refractivity contribution in [2.45, 2.75) is 13.1 Å². The third-order valence-electron chi connectivity index (χ3n) is 2.87. The molecule has 1 heterocycles. The van der Waals surface area contributed by atoms with Crippen LogP contribution < -0.4 is 10.1 Å². The second-order valence-corrected chi connectivity index (χ2v) is 4.31. The summed E-state index contributed by atoms with van der Waals surface area (Å²) < 4.78 is 25.2. The molecule has 1 aromatic heterocycles. The Hall–Kier alpha value is -2.08. The molecule has 0 aliphatic carbocycles. The fourth-order valence-electron chi connectivity index (χ4n) is 1.79. The minimum absolute atomic E-state index is 0.251. The molecule has 5 nitrogen and oxygen atoms in total. The van der Waals surface area contributed by atoms with Gasteiger partial charge in [-0.15, -0.1) is 0 Å². The molecule has 0 saturated carbocycles. The van der Waals surface area contributed by atoms with Crippen molar-refractivity contribution >= 4 is 5.69 Å². The van der Waals surface area contributed by atoms with Crippen LogP contribution in [-0.4, -0.2) is 30.6 Å². The summed E-state index contributed by atoms with van der Waals surface area (Å²) in [5.74, 6) is -0.108. The minimum atomic E-state index is -0.359. The number of hydrogen-bond donors (Lipinski definition) is 1. The number of rotatable bonds is 7. The number of nitrogens with one attached hydrogen (secondary N) is 1. The molecule has 0 aliphatic rings. The lowest BCUT2D eigenvalue weighted by Gasteiger charge is -2.06. The summed E-state index contributed by atoms with van der Waals surface area (Å²) >= 11 is 0. The molecule has 0 saturated heterocycles. The molecule has 0 atom stereocenters. The van der Waals surface area contributed by atoms with Crippen molar-refractivity contribution in [2.24, 2.45) is 0 Å². The van der Waals surface area contributed by atoms with Crippen LogP contribution in [0.15, 0.2) is 30.6 Å². The normalized spacial score (nSPS) is 10.6. The van der Waals surface area contributed by atoms with E-state index in [9.17, 15) is 4.39 Å². The Labute approximate surface area is 117 Å². The molecule has 0 spiro atoms. The quantitative estimate of drug-likeness (QED) is 0.845. The highest BCUT2D eigenvalue weighted by Gasteiger charge is 2.04. The molecule has 0 amide bonds. The summed E-state index contributed by atoms with van der Waals surface area (Å²) in [6.45, 7) is 1.84. The molecule has 2 rings (SSSR count). The Kier molecular flexibility index (Phi) is 4.95. The number of ether oxygens (including phenoxy) is 2. The second kappa shape index (κ2) is 6.91. The van der Waals surface area contributed by atoms with Gasteiger partial charge < -0.3 is 14.8 Å². The van der Waals surface area contributed by atoms with Gasteiger partial charge in [0.05, 0.1) is 32.1 Å². The Morgan fingerprint density at radius 3 is 2.90 bits per heavy atom. The average molecular weight is 279 g/mol. The van der Waals surface area contributed by atoms with E-state index < -0.39 is 0 Å². The number of aromatic nitrogens is 2. The Balaban J connectivity index is 1.91.